The molecule has 0 saturated carbocycles. The first kappa shape index (κ1) is 21.0. The molecule has 164 valence electrons. The van der Waals surface area contributed by atoms with Crippen molar-refractivity contribution in [1.82, 2.24) is 9.55 Å². The largest absolute Gasteiger partial charge is 0.497 e. The van der Waals surface area contributed by atoms with Gasteiger partial charge in [0.2, 0.25) is 0 Å². The fourth-order valence-corrected chi connectivity index (χ4v) is 4.73. The van der Waals surface area contributed by atoms with E-state index in [-0.39, 0.29) is 5.56 Å². The quantitative estimate of drug-likeness (QED) is 0.208. The van der Waals surface area contributed by atoms with Gasteiger partial charge in [-0.25, -0.2) is 9.78 Å². The molecule has 5 rings (SSSR count). The van der Waals surface area contributed by atoms with Crippen molar-refractivity contribution in [1.29, 1.82) is 0 Å². The molecular formula is C26H20N2O4S. The van der Waals surface area contributed by atoms with E-state index in [1.165, 1.54) is 17.8 Å². The van der Waals surface area contributed by atoms with E-state index < -0.39 is 5.63 Å². The van der Waals surface area contributed by atoms with Gasteiger partial charge in [0.15, 0.2) is 5.16 Å². The lowest BCUT2D eigenvalue weighted by molar-refractivity contribution is 0.414. The fraction of sp³-hybridized carbons (Fsp3) is 0.115. The van der Waals surface area contributed by atoms with Crippen LogP contribution >= 0.6 is 11.8 Å². The fourth-order valence-electron chi connectivity index (χ4n) is 3.73. The Hall–Kier alpha value is -3.84. The zero-order valence-corrected chi connectivity index (χ0v) is 18.9. The Morgan fingerprint density at radius 1 is 0.970 bits per heavy atom. The molecule has 0 aliphatic carbocycles. The molecule has 0 amide bonds. The van der Waals surface area contributed by atoms with Crippen molar-refractivity contribution in [2.75, 3.05) is 7.11 Å². The van der Waals surface area contributed by atoms with Crippen molar-refractivity contribution in [3.05, 3.63) is 105 Å². The van der Waals surface area contributed by atoms with E-state index in [1.54, 1.807) is 23.8 Å². The molecule has 3 aromatic carbocycles. The topological polar surface area (TPSA) is 74.3 Å². The SMILES string of the molecule is COc1ccc2c(CSc3nc4ccccc4c(=O)n3-c3ccc(C)cc3)cc(=O)oc2c1. The Balaban J connectivity index is 1.62. The smallest absolute Gasteiger partial charge is 0.336 e. The summed E-state index contributed by atoms with van der Waals surface area (Å²) >= 11 is 1.40. The van der Waals surface area contributed by atoms with Gasteiger partial charge in [0.25, 0.3) is 5.56 Å². The molecule has 0 unspecified atom stereocenters. The van der Waals surface area contributed by atoms with Crippen LogP contribution in [0, 0.1) is 6.92 Å². The molecule has 0 fully saturated rings. The van der Waals surface area contributed by atoms with Gasteiger partial charge in [0.05, 0.1) is 23.7 Å². The molecule has 6 nitrogen and oxygen atoms in total. The Kier molecular flexibility index (Phi) is 5.48. The first-order valence-electron chi connectivity index (χ1n) is 10.4. The van der Waals surface area contributed by atoms with Gasteiger partial charge in [0.1, 0.15) is 11.3 Å². The Labute approximate surface area is 193 Å². The van der Waals surface area contributed by atoms with Crippen LogP contribution in [-0.4, -0.2) is 16.7 Å². The number of hydrogen-bond acceptors (Lipinski definition) is 6. The minimum atomic E-state index is -0.436. The third kappa shape index (κ3) is 4.03. The zero-order valence-electron chi connectivity index (χ0n) is 18.1. The normalized spacial score (nSPS) is 11.2. The van der Waals surface area contributed by atoms with Crippen LogP contribution in [0.2, 0.25) is 0 Å². The van der Waals surface area contributed by atoms with E-state index in [9.17, 15) is 9.59 Å². The summed E-state index contributed by atoms with van der Waals surface area (Å²) in [7, 11) is 1.56. The number of thioether (sulfide) groups is 1. The molecule has 2 aromatic heterocycles. The van der Waals surface area contributed by atoms with E-state index in [4.69, 9.17) is 14.1 Å². The van der Waals surface area contributed by atoms with E-state index >= 15 is 0 Å². The molecule has 0 radical (unpaired) electrons. The number of ether oxygens (including phenoxy) is 1. The zero-order chi connectivity index (χ0) is 22.9. The van der Waals surface area contributed by atoms with Crippen LogP contribution in [0.3, 0.4) is 0 Å². The molecule has 0 aliphatic heterocycles. The number of aryl methyl sites for hydroxylation is 1. The molecule has 2 heterocycles. The second kappa shape index (κ2) is 8.60. The summed E-state index contributed by atoms with van der Waals surface area (Å²) in [5.74, 6) is 1.05. The van der Waals surface area contributed by atoms with Crippen molar-refractivity contribution in [2.24, 2.45) is 0 Å². The third-order valence-corrected chi connectivity index (χ3v) is 6.42. The highest BCUT2D eigenvalue weighted by atomic mass is 32.2. The molecular weight excluding hydrogens is 436 g/mol. The predicted molar refractivity (Wildman–Crippen MR) is 131 cm³/mol. The van der Waals surface area contributed by atoms with Crippen LogP contribution < -0.4 is 15.9 Å². The standard InChI is InChI=1S/C26H20N2O4S/c1-16-7-9-18(10-8-16)28-25(30)21-5-3-4-6-22(21)27-26(28)33-15-17-13-24(29)32-23-14-19(31-2)11-12-20(17)23/h3-14H,15H2,1-2H3. The van der Waals surface area contributed by atoms with E-state index in [1.807, 2.05) is 61.5 Å². The molecule has 0 spiro atoms. The number of benzene rings is 3. The second-order valence-electron chi connectivity index (χ2n) is 7.63. The maximum Gasteiger partial charge on any atom is 0.336 e. The summed E-state index contributed by atoms with van der Waals surface area (Å²) < 4.78 is 12.2. The molecule has 33 heavy (non-hydrogen) atoms. The van der Waals surface area contributed by atoms with Crippen molar-refractivity contribution in [3.8, 4) is 11.4 Å². The minimum absolute atomic E-state index is 0.130. The maximum atomic E-state index is 13.4. The molecule has 5 aromatic rings. The predicted octanol–water partition coefficient (Wildman–Crippen LogP) is 5.10. The highest BCUT2D eigenvalue weighted by Crippen LogP contribution is 2.29. The molecule has 0 bridgehead atoms. The number of hydrogen-bond donors (Lipinski definition) is 0. The molecule has 0 saturated heterocycles. The maximum absolute atomic E-state index is 13.4. The molecule has 0 atom stereocenters. The average molecular weight is 457 g/mol. The summed E-state index contributed by atoms with van der Waals surface area (Å²) in [6.45, 7) is 2.00. The minimum Gasteiger partial charge on any atom is -0.497 e. The van der Waals surface area contributed by atoms with E-state index in [2.05, 4.69) is 0 Å². The van der Waals surface area contributed by atoms with Gasteiger partial charge in [-0.3, -0.25) is 9.36 Å². The van der Waals surface area contributed by atoms with Crippen LogP contribution in [0.5, 0.6) is 5.75 Å². The lowest BCUT2D eigenvalue weighted by Gasteiger charge is -2.14. The second-order valence-corrected chi connectivity index (χ2v) is 8.57. The van der Waals surface area contributed by atoms with Crippen LogP contribution in [0.15, 0.2) is 92.0 Å². The number of rotatable bonds is 5. The van der Waals surface area contributed by atoms with Gasteiger partial charge in [0, 0.05) is 23.3 Å². The first-order valence-corrected chi connectivity index (χ1v) is 11.3. The van der Waals surface area contributed by atoms with Crippen molar-refractivity contribution < 1.29 is 9.15 Å². The van der Waals surface area contributed by atoms with E-state index in [0.29, 0.717) is 33.1 Å². The summed E-state index contributed by atoms with van der Waals surface area (Å²) in [6.07, 6.45) is 0. The van der Waals surface area contributed by atoms with Crippen molar-refractivity contribution in [2.45, 2.75) is 17.8 Å². The van der Waals surface area contributed by atoms with Crippen molar-refractivity contribution in [3.63, 3.8) is 0 Å². The van der Waals surface area contributed by atoms with Gasteiger partial charge in [-0.2, -0.15) is 0 Å². The van der Waals surface area contributed by atoms with Crippen LogP contribution in [0.4, 0.5) is 0 Å². The summed E-state index contributed by atoms with van der Waals surface area (Å²) in [5, 5.41) is 1.92. The lowest BCUT2D eigenvalue weighted by atomic mass is 10.1. The van der Waals surface area contributed by atoms with Crippen LogP contribution in [0.25, 0.3) is 27.6 Å². The van der Waals surface area contributed by atoms with Crippen LogP contribution in [-0.2, 0) is 5.75 Å². The number of aromatic nitrogens is 2. The van der Waals surface area contributed by atoms with Gasteiger partial charge in [-0.05, 0) is 48.9 Å². The highest BCUT2D eigenvalue weighted by Gasteiger charge is 2.15. The Morgan fingerprint density at radius 2 is 1.76 bits per heavy atom. The number of fused-ring (bicyclic) bond motifs is 2. The van der Waals surface area contributed by atoms with Gasteiger partial charge >= 0.3 is 5.63 Å². The van der Waals surface area contributed by atoms with E-state index in [0.717, 1.165) is 22.2 Å². The average Bonchev–Trinajstić information content (AvgIpc) is 2.83. The monoisotopic (exact) mass is 456 g/mol. The molecule has 7 heteroatoms. The summed E-state index contributed by atoms with van der Waals surface area (Å²) in [4.78, 5) is 30.4. The third-order valence-electron chi connectivity index (χ3n) is 5.43. The molecule has 0 N–H and O–H groups in total. The number of nitrogens with zero attached hydrogens (tertiary/aromatic N) is 2. The van der Waals surface area contributed by atoms with Gasteiger partial charge in [-0.1, -0.05) is 41.6 Å². The van der Waals surface area contributed by atoms with Crippen molar-refractivity contribution >= 4 is 33.6 Å². The van der Waals surface area contributed by atoms with Gasteiger partial charge in [-0.15, -0.1) is 0 Å². The van der Waals surface area contributed by atoms with Gasteiger partial charge < -0.3 is 9.15 Å². The lowest BCUT2D eigenvalue weighted by Crippen LogP contribution is -2.21. The highest BCUT2D eigenvalue weighted by molar-refractivity contribution is 7.98. The summed E-state index contributed by atoms with van der Waals surface area (Å²) in [6, 6.07) is 21.9. The molecule has 0 aliphatic rings. The number of para-hydroxylation sites is 1. The Bertz CT molecular complexity index is 1600. The Morgan fingerprint density at radius 3 is 2.55 bits per heavy atom. The number of methoxy groups -OCH3 is 1. The first-order chi connectivity index (χ1) is 16.0. The van der Waals surface area contributed by atoms with Crippen LogP contribution in [0.1, 0.15) is 11.1 Å². The summed E-state index contributed by atoms with van der Waals surface area (Å²) in [5.41, 5.74) is 3.17.